The zero-order valence-corrected chi connectivity index (χ0v) is 13.0. The lowest BCUT2D eigenvalue weighted by Crippen LogP contribution is -2.14. The van der Waals surface area contributed by atoms with Crippen LogP contribution in [0, 0.1) is 9.39 Å². The van der Waals surface area contributed by atoms with Crippen molar-refractivity contribution in [3.05, 3.63) is 66.9 Å². The summed E-state index contributed by atoms with van der Waals surface area (Å²) in [5, 5.41) is 0.0627. The lowest BCUT2D eigenvalue weighted by molar-refractivity contribution is 0.517. The van der Waals surface area contributed by atoms with Gasteiger partial charge in [-0.05, 0) is 58.5 Å². The van der Waals surface area contributed by atoms with E-state index in [1.807, 2.05) is 12.1 Å². The van der Waals surface area contributed by atoms with Crippen molar-refractivity contribution in [1.82, 2.24) is 4.57 Å². The average Bonchev–Trinajstić information content (AvgIpc) is 2.69. The van der Waals surface area contributed by atoms with Gasteiger partial charge in [-0.25, -0.2) is 9.18 Å². The highest BCUT2D eigenvalue weighted by molar-refractivity contribution is 14.1. The molecule has 20 heavy (non-hydrogen) atoms. The molecule has 0 bridgehead atoms. The molecule has 0 saturated carbocycles. The third kappa shape index (κ3) is 2.47. The number of rotatable bonds is 2. The Morgan fingerprint density at radius 1 is 1.25 bits per heavy atom. The van der Waals surface area contributed by atoms with Gasteiger partial charge in [-0.15, -0.1) is 0 Å². The second-order valence-electron chi connectivity index (χ2n) is 4.31. The Morgan fingerprint density at radius 3 is 2.80 bits per heavy atom. The van der Waals surface area contributed by atoms with Crippen LogP contribution in [0.3, 0.4) is 0 Å². The maximum Gasteiger partial charge on any atom is 0.420 e. The largest absolute Gasteiger partial charge is 0.420 e. The van der Waals surface area contributed by atoms with Crippen LogP contribution in [-0.4, -0.2) is 4.57 Å². The van der Waals surface area contributed by atoms with Gasteiger partial charge in [0.15, 0.2) is 5.58 Å². The molecule has 3 rings (SSSR count). The Kier molecular flexibility index (Phi) is 3.55. The van der Waals surface area contributed by atoms with Gasteiger partial charge in [0.05, 0.1) is 17.1 Å². The molecule has 0 spiro atoms. The van der Waals surface area contributed by atoms with E-state index in [0.29, 0.717) is 16.7 Å². The summed E-state index contributed by atoms with van der Waals surface area (Å²) in [6.45, 7) is 0.237. The van der Waals surface area contributed by atoms with E-state index in [-0.39, 0.29) is 11.6 Å². The number of nitrogens with zero attached hydrogens (tertiary/aromatic N) is 1. The minimum absolute atomic E-state index is 0.0627. The summed E-state index contributed by atoms with van der Waals surface area (Å²) < 4.78 is 21.1. The highest BCUT2D eigenvalue weighted by Gasteiger charge is 2.11. The van der Waals surface area contributed by atoms with Gasteiger partial charge in [-0.1, -0.05) is 17.7 Å². The monoisotopic (exact) mass is 403 g/mol. The standard InChI is InChI=1S/C14H8ClFINO2/c15-10-3-1-8(5-11(10)16)7-18-12-4-2-9(17)6-13(12)20-14(18)19/h1-6H,7H2. The van der Waals surface area contributed by atoms with Gasteiger partial charge in [0, 0.05) is 3.57 Å². The smallest absolute Gasteiger partial charge is 0.408 e. The van der Waals surface area contributed by atoms with Crippen LogP contribution in [0.1, 0.15) is 5.56 Å². The number of oxazole rings is 1. The van der Waals surface area contributed by atoms with Gasteiger partial charge in [0.1, 0.15) is 5.82 Å². The highest BCUT2D eigenvalue weighted by Crippen LogP contribution is 2.19. The molecule has 0 amide bonds. The molecule has 1 heterocycles. The van der Waals surface area contributed by atoms with E-state index >= 15 is 0 Å². The number of hydrogen-bond donors (Lipinski definition) is 0. The van der Waals surface area contributed by atoms with Gasteiger partial charge in [0.25, 0.3) is 0 Å². The number of halogens is 3. The Morgan fingerprint density at radius 2 is 2.05 bits per heavy atom. The average molecular weight is 404 g/mol. The van der Waals surface area contributed by atoms with Crippen LogP contribution in [0.4, 0.5) is 4.39 Å². The van der Waals surface area contributed by atoms with E-state index in [2.05, 4.69) is 22.6 Å². The first-order chi connectivity index (χ1) is 9.54. The van der Waals surface area contributed by atoms with E-state index in [4.69, 9.17) is 16.0 Å². The predicted octanol–water partition coefficient (Wildman–Crippen LogP) is 4.04. The molecule has 3 aromatic rings. The SMILES string of the molecule is O=c1oc2cc(I)ccc2n1Cc1ccc(Cl)c(F)c1. The van der Waals surface area contributed by atoms with Crippen LogP contribution < -0.4 is 5.76 Å². The normalized spacial score (nSPS) is 11.2. The summed E-state index contributed by atoms with van der Waals surface area (Å²) in [5.41, 5.74) is 1.86. The van der Waals surface area contributed by atoms with Crippen molar-refractivity contribution in [2.75, 3.05) is 0 Å². The summed E-state index contributed by atoms with van der Waals surface area (Å²) in [7, 11) is 0. The molecule has 0 atom stereocenters. The van der Waals surface area contributed by atoms with Crippen molar-refractivity contribution in [3.8, 4) is 0 Å². The van der Waals surface area contributed by atoms with Crippen LogP contribution in [0.5, 0.6) is 0 Å². The zero-order chi connectivity index (χ0) is 14.3. The zero-order valence-electron chi connectivity index (χ0n) is 10.1. The number of fused-ring (bicyclic) bond motifs is 1. The van der Waals surface area contributed by atoms with Crippen molar-refractivity contribution in [1.29, 1.82) is 0 Å². The van der Waals surface area contributed by atoms with Crippen LogP contribution in [-0.2, 0) is 6.54 Å². The Balaban J connectivity index is 2.08. The first-order valence-electron chi connectivity index (χ1n) is 5.77. The Hall–Kier alpha value is -1.34. The van der Waals surface area contributed by atoms with E-state index in [0.717, 1.165) is 3.57 Å². The summed E-state index contributed by atoms with van der Waals surface area (Å²) in [4.78, 5) is 11.9. The molecule has 0 unspecified atom stereocenters. The van der Waals surface area contributed by atoms with Crippen LogP contribution in [0.2, 0.25) is 5.02 Å². The molecule has 0 fully saturated rings. The third-order valence-electron chi connectivity index (χ3n) is 2.96. The van der Waals surface area contributed by atoms with E-state index in [1.165, 1.54) is 16.7 Å². The van der Waals surface area contributed by atoms with Crippen molar-refractivity contribution in [2.45, 2.75) is 6.54 Å². The number of hydrogen-bond acceptors (Lipinski definition) is 2. The first kappa shape index (κ1) is 13.6. The Bertz CT molecular complexity index is 856. The fourth-order valence-electron chi connectivity index (χ4n) is 2.01. The molecule has 0 N–H and O–H groups in total. The second kappa shape index (κ2) is 5.21. The highest BCUT2D eigenvalue weighted by atomic mass is 127. The molecule has 0 saturated heterocycles. The lowest BCUT2D eigenvalue weighted by Gasteiger charge is -2.04. The quantitative estimate of drug-likeness (QED) is 0.606. The van der Waals surface area contributed by atoms with Gasteiger partial charge >= 0.3 is 5.76 Å². The van der Waals surface area contributed by atoms with Crippen molar-refractivity contribution < 1.29 is 8.81 Å². The minimum atomic E-state index is -0.500. The minimum Gasteiger partial charge on any atom is -0.408 e. The molecule has 0 aliphatic heterocycles. The molecule has 2 aromatic carbocycles. The summed E-state index contributed by atoms with van der Waals surface area (Å²) in [6.07, 6.45) is 0. The maximum atomic E-state index is 13.4. The van der Waals surface area contributed by atoms with Crippen molar-refractivity contribution in [3.63, 3.8) is 0 Å². The van der Waals surface area contributed by atoms with Gasteiger partial charge in [-0.2, -0.15) is 0 Å². The number of aromatic nitrogens is 1. The van der Waals surface area contributed by atoms with E-state index < -0.39 is 11.6 Å². The molecule has 0 aliphatic rings. The molecular formula is C14H8ClFINO2. The lowest BCUT2D eigenvalue weighted by atomic mass is 10.2. The predicted molar refractivity (Wildman–Crippen MR) is 83.7 cm³/mol. The topological polar surface area (TPSA) is 35.1 Å². The second-order valence-corrected chi connectivity index (χ2v) is 5.97. The fraction of sp³-hybridized carbons (Fsp3) is 0.0714. The summed E-state index contributed by atoms with van der Waals surface area (Å²) in [5.74, 6) is -0.961. The van der Waals surface area contributed by atoms with Crippen molar-refractivity contribution >= 4 is 45.3 Å². The maximum absolute atomic E-state index is 13.4. The molecular weight excluding hydrogens is 396 g/mol. The van der Waals surface area contributed by atoms with Gasteiger partial charge < -0.3 is 4.42 Å². The number of benzene rings is 2. The van der Waals surface area contributed by atoms with Crippen LogP contribution in [0.15, 0.2) is 45.6 Å². The molecule has 102 valence electrons. The third-order valence-corrected chi connectivity index (χ3v) is 3.93. The summed E-state index contributed by atoms with van der Waals surface area (Å²) >= 11 is 7.79. The molecule has 6 heteroatoms. The molecule has 0 aliphatic carbocycles. The fourth-order valence-corrected chi connectivity index (χ4v) is 2.59. The van der Waals surface area contributed by atoms with E-state index in [1.54, 1.807) is 12.1 Å². The van der Waals surface area contributed by atoms with Gasteiger partial charge in [0.2, 0.25) is 0 Å². The first-order valence-corrected chi connectivity index (χ1v) is 7.23. The molecule has 0 radical (unpaired) electrons. The summed E-state index contributed by atoms with van der Waals surface area (Å²) in [6, 6.07) is 9.97. The van der Waals surface area contributed by atoms with E-state index in [9.17, 15) is 9.18 Å². The van der Waals surface area contributed by atoms with Crippen LogP contribution in [0.25, 0.3) is 11.1 Å². The molecule has 1 aromatic heterocycles. The molecule has 3 nitrogen and oxygen atoms in total. The Labute approximate surface area is 132 Å². The van der Waals surface area contributed by atoms with Gasteiger partial charge in [-0.3, -0.25) is 4.57 Å². The van der Waals surface area contributed by atoms with Crippen LogP contribution >= 0.6 is 34.2 Å². The van der Waals surface area contributed by atoms with Crippen molar-refractivity contribution in [2.24, 2.45) is 0 Å².